The number of aromatic nitrogens is 1. The normalized spacial score (nSPS) is 12.5. The number of ether oxygens (including phenoxy) is 2. The molecular formula is C21H29N3O2S. The van der Waals surface area contributed by atoms with Gasteiger partial charge in [0.25, 0.3) is 0 Å². The fourth-order valence-electron chi connectivity index (χ4n) is 2.56. The van der Waals surface area contributed by atoms with Gasteiger partial charge in [0, 0.05) is 22.7 Å². The van der Waals surface area contributed by atoms with Crippen LogP contribution in [0.2, 0.25) is 0 Å². The van der Waals surface area contributed by atoms with Gasteiger partial charge in [0.1, 0.15) is 11.5 Å². The molecule has 2 aromatic rings. The fraction of sp³-hybridized carbons (Fsp3) is 0.429. The summed E-state index contributed by atoms with van der Waals surface area (Å²) >= 11 is 1.56. The van der Waals surface area contributed by atoms with Crippen molar-refractivity contribution >= 4 is 17.0 Å². The predicted molar refractivity (Wildman–Crippen MR) is 114 cm³/mol. The Balaban J connectivity index is 2.56. The summed E-state index contributed by atoms with van der Waals surface area (Å²) in [5, 5.41) is 6.93. The second-order valence-electron chi connectivity index (χ2n) is 6.68. The Labute approximate surface area is 165 Å². The highest BCUT2D eigenvalue weighted by Gasteiger charge is 2.14. The molecule has 1 aromatic heterocycles. The van der Waals surface area contributed by atoms with Crippen molar-refractivity contribution in [1.82, 2.24) is 4.68 Å². The molecular weight excluding hydrogens is 358 g/mol. The number of hydrogen-bond donors (Lipinski definition) is 0. The van der Waals surface area contributed by atoms with Crippen molar-refractivity contribution in [2.75, 3.05) is 20.8 Å². The summed E-state index contributed by atoms with van der Waals surface area (Å²) in [6.45, 7) is 10.8. The number of rotatable bonds is 9. The molecule has 0 spiro atoms. The number of thiazole rings is 1. The molecule has 0 atom stereocenters. The van der Waals surface area contributed by atoms with E-state index in [4.69, 9.17) is 14.6 Å². The first-order valence-electron chi connectivity index (χ1n) is 9.08. The van der Waals surface area contributed by atoms with Gasteiger partial charge < -0.3 is 9.47 Å². The third kappa shape index (κ3) is 5.57. The SMILES string of the molecule is C=CCN=c1scc(-c2ccc(OC)cc2OC)n1N=C(C)CCC(C)C. The summed E-state index contributed by atoms with van der Waals surface area (Å²) in [6, 6.07) is 5.80. The van der Waals surface area contributed by atoms with Crippen LogP contribution in [0.3, 0.4) is 0 Å². The minimum atomic E-state index is 0.556. The molecule has 0 N–H and O–H groups in total. The van der Waals surface area contributed by atoms with Crippen LogP contribution in [-0.2, 0) is 0 Å². The Bertz CT molecular complexity index is 863. The van der Waals surface area contributed by atoms with Crippen LogP contribution < -0.4 is 14.3 Å². The van der Waals surface area contributed by atoms with E-state index in [0.29, 0.717) is 12.5 Å². The zero-order valence-electron chi connectivity index (χ0n) is 16.9. The van der Waals surface area contributed by atoms with E-state index in [0.717, 1.165) is 46.1 Å². The Morgan fingerprint density at radius 2 is 2.07 bits per heavy atom. The van der Waals surface area contributed by atoms with E-state index in [-0.39, 0.29) is 0 Å². The summed E-state index contributed by atoms with van der Waals surface area (Å²) in [5.74, 6) is 2.14. The van der Waals surface area contributed by atoms with E-state index in [1.165, 1.54) is 0 Å². The standard InChI is InChI=1S/C21H29N3O2S/c1-7-12-22-21-24(23-16(4)9-8-15(2)3)19(14-27-21)18-11-10-17(25-5)13-20(18)26-6/h7,10-11,13-15H,1,8-9,12H2,2-6H3. The van der Waals surface area contributed by atoms with Gasteiger partial charge in [-0.2, -0.15) is 5.10 Å². The van der Waals surface area contributed by atoms with Crippen LogP contribution in [0.5, 0.6) is 11.5 Å². The minimum Gasteiger partial charge on any atom is -0.497 e. The van der Waals surface area contributed by atoms with Crippen molar-refractivity contribution in [3.8, 4) is 22.8 Å². The quantitative estimate of drug-likeness (QED) is 0.450. The predicted octanol–water partition coefficient (Wildman–Crippen LogP) is 4.98. The minimum absolute atomic E-state index is 0.556. The smallest absolute Gasteiger partial charge is 0.206 e. The second kappa shape index (κ2) is 10.1. The lowest BCUT2D eigenvalue weighted by molar-refractivity contribution is 0.395. The molecule has 0 fully saturated rings. The summed E-state index contributed by atoms with van der Waals surface area (Å²) in [5.41, 5.74) is 2.98. The molecule has 27 heavy (non-hydrogen) atoms. The van der Waals surface area contributed by atoms with Crippen LogP contribution in [0, 0.1) is 5.92 Å². The fourth-order valence-corrected chi connectivity index (χ4v) is 3.39. The lowest BCUT2D eigenvalue weighted by Gasteiger charge is -2.12. The van der Waals surface area contributed by atoms with Crippen LogP contribution in [0.15, 0.2) is 46.3 Å². The summed E-state index contributed by atoms with van der Waals surface area (Å²) < 4.78 is 12.8. The van der Waals surface area contributed by atoms with Crippen molar-refractivity contribution in [2.24, 2.45) is 16.0 Å². The van der Waals surface area contributed by atoms with Gasteiger partial charge >= 0.3 is 0 Å². The molecule has 2 rings (SSSR count). The summed E-state index contributed by atoms with van der Waals surface area (Å²) in [4.78, 5) is 5.44. The van der Waals surface area contributed by atoms with Crippen molar-refractivity contribution in [2.45, 2.75) is 33.6 Å². The van der Waals surface area contributed by atoms with Crippen LogP contribution in [0.1, 0.15) is 33.6 Å². The van der Waals surface area contributed by atoms with Crippen LogP contribution >= 0.6 is 11.3 Å². The average molecular weight is 388 g/mol. The monoisotopic (exact) mass is 387 g/mol. The molecule has 146 valence electrons. The van der Waals surface area contributed by atoms with Crippen molar-refractivity contribution in [3.05, 3.63) is 41.0 Å². The van der Waals surface area contributed by atoms with Gasteiger partial charge in [-0.05, 0) is 37.8 Å². The van der Waals surface area contributed by atoms with Crippen molar-refractivity contribution < 1.29 is 9.47 Å². The lowest BCUT2D eigenvalue weighted by atomic mass is 10.1. The van der Waals surface area contributed by atoms with Crippen molar-refractivity contribution in [1.29, 1.82) is 0 Å². The Morgan fingerprint density at radius 1 is 1.30 bits per heavy atom. The summed E-state index contributed by atoms with van der Waals surface area (Å²) in [6.07, 6.45) is 3.86. The maximum atomic E-state index is 5.59. The molecule has 0 amide bonds. The third-order valence-electron chi connectivity index (χ3n) is 4.08. The first-order valence-corrected chi connectivity index (χ1v) is 9.96. The molecule has 0 aliphatic heterocycles. The molecule has 0 unspecified atom stereocenters. The van der Waals surface area contributed by atoms with Gasteiger partial charge in [-0.1, -0.05) is 19.9 Å². The highest BCUT2D eigenvalue weighted by molar-refractivity contribution is 7.07. The maximum absolute atomic E-state index is 5.59. The lowest BCUT2D eigenvalue weighted by Crippen LogP contribution is -2.14. The van der Waals surface area contributed by atoms with E-state index < -0.39 is 0 Å². The molecule has 1 aromatic carbocycles. The number of benzene rings is 1. The van der Waals surface area contributed by atoms with E-state index in [9.17, 15) is 0 Å². The largest absolute Gasteiger partial charge is 0.497 e. The molecule has 0 aliphatic carbocycles. The van der Waals surface area contributed by atoms with E-state index in [2.05, 4.69) is 37.7 Å². The third-order valence-corrected chi connectivity index (χ3v) is 4.93. The van der Waals surface area contributed by atoms with E-state index in [1.807, 2.05) is 22.9 Å². The molecule has 6 heteroatoms. The number of hydrogen-bond acceptors (Lipinski definition) is 5. The van der Waals surface area contributed by atoms with Gasteiger partial charge in [0.2, 0.25) is 4.80 Å². The zero-order chi connectivity index (χ0) is 19.8. The highest BCUT2D eigenvalue weighted by Crippen LogP contribution is 2.33. The second-order valence-corrected chi connectivity index (χ2v) is 7.52. The first-order chi connectivity index (χ1) is 13.0. The van der Waals surface area contributed by atoms with Gasteiger partial charge in [-0.15, -0.1) is 17.9 Å². The van der Waals surface area contributed by atoms with E-state index in [1.54, 1.807) is 31.6 Å². The van der Waals surface area contributed by atoms with Crippen LogP contribution in [0.25, 0.3) is 11.3 Å². The van der Waals surface area contributed by atoms with Gasteiger partial charge in [-0.25, -0.2) is 4.68 Å². The van der Waals surface area contributed by atoms with Crippen LogP contribution in [-0.4, -0.2) is 31.2 Å². The topological polar surface area (TPSA) is 48.1 Å². The molecule has 1 heterocycles. The summed E-state index contributed by atoms with van der Waals surface area (Å²) in [7, 11) is 3.31. The zero-order valence-corrected chi connectivity index (χ0v) is 17.7. The number of nitrogens with zero attached hydrogens (tertiary/aromatic N) is 3. The molecule has 0 radical (unpaired) electrons. The maximum Gasteiger partial charge on any atom is 0.206 e. The molecule has 5 nitrogen and oxygen atoms in total. The van der Waals surface area contributed by atoms with E-state index >= 15 is 0 Å². The molecule has 0 saturated heterocycles. The Kier molecular flexibility index (Phi) is 7.85. The Morgan fingerprint density at radius 3 is 2.70 bits per heavy atom. The van der Waals surface area contributed by atoms with Gasteiger partial charge in [0.15, 0.2) is 0 Å². The van der Waals surface area contributed by atoms with Gasteiger partial charge in [-0.3, -0.25) is 4.99 Å². The highest BCUT2D eigenvalue weighted by atomic mass is 32.1. The van der Waals surface area contributed by atoms with Crippen LogP contribution in [0.4, 0.5) is 0 Å². The molecule has 0 aliphatic rings. The molecule has 0 saturated carbocycles. The van der Waals surface area contributed by atoms with Gasteiger partial charge in [0.05, 0.1) is 26.5 Å². The average Bonchev–Trinajstić information content (AvgIpc) is 3.06. The Hall–Kier alpha value is -2.34. The molecule has 0 bridgehead atoms. The van der Waals surface area contributed by atoms with Crippen molar-refractivity contribution in [3.63, 3.8) is 0 Å². The number of methoxy groups -OCH3 is 2. The first kappa shape index (κ1) is 21.0.